The van der Waals surface area contributed by atoms with Gasteiger partial charge in [-0.05, 0) is 37.0 Å². The Balaban J connectivity index is 2.24. The molecule has 0 amide bonds. The van der Waals surface area contributed by atoms with E-state index in [0.29, 0.717) is 6.04 Å². The standard InChI is InChI=1S/C15H24N2/c1-4-15(17-10-8-16-9-11-17)14-7-5-6-12(2)13(14)3/h5-7,15-16H,4,8-11H2,1-3H3/t15-/m1/s1. The summed E-state index contributed by atoms with van der Waals surface area (Å²) in [4.78, 5) is 2.62. The zero-order chi connectivity index (χ0) is 12.3. The van der Waals surface area contributed by atoms with Crippen LogP contribution < -0.4 is 5.32 Å². The third-order valence-electron chi connectivity index (χ3n) is 3.98. The summed E-state index contributed by atoms with van der Waals surface area (Å²) in [6.07, 6.45) is 1.20. The molecule has 1 fully saturated rings. The number of hydrogen-bond acceptors (Lipinski definition) is 2. The first-order valence-electron chi connectivity index (χ1n) is 6.75. The highest BCUT2D eigenvalue weighted by Gasteiger charge is 2.21. The van der Waals surface area contributed by atoms with Crippen molar-refractivity contribution in [1.29, 1.82) is 0 Å². The topological polar surface area (TPSA) is 15.3 Å². The maximum atomic E-state index is 3.43. The second-order valence-corrected chi connectivity index (χ2v) is 5.00. The van der Waals surface area contributed by atoms with Gasteiger partial charge in [0.1, 0.15) is 0 Å². The number of benzene rings is 1. The highest BCUT2D eigenvalue weighted by atomic mass is 15.2. The van der Waals surface area contributed by atoms with E-state index in [1.165, 1.54) is 36.2 Å². The van der Waals surface area contributed by atoms with Crippen molar-refractivity contribution in [2.75, 3.05) is 26.2 Å². The third-order valence-corrected chi connectivity index (χ3v) is 3.98. The van der Waals surface area contributed by atoms with Gasteiger partial charge in [-0.25, -0.2) is 0 Å². The lowest BCUT2D eigenvalue weighted by molar-refractivity contribution is 0.169. The molecule has 2 nitrogen and oxygen atoms in total. The maximum Gasteiger partial charge on any atom is 0.0349 e. The van der Waals surface area contributed by atoms with Crippen LogP contribution in [0.5, 0.6) is 0 Å². The Bertz CT molecular complexity index is 367. The molecule has 0 saturated carbocycles. The first kappa shape index (κ1) is 12.6. The molecular weight excluding hydrogens is 208 g/mol. The van der Waals surface area contributed by atoms with Crippen LogP contribution in [0, 0.1) is 13.8 Å². The molecule has 0 bridgehead atoms. The highest BCUT2D eigenvalue weighted by molar-refractivity contribution is 5.35. The van der Waals surface area contributed by atoms with Crippen LogP contribution in [0.3, 0.4) is 0 Å². The summed E-state index contributed by atoms with van der Waals surface area (Å²) in [5, 5.41) is 3.43. The summed E-state index contributed by atoms with van der Waals surface area (Å²) in [5.74, 6) is 0. The van der Waals surface area contributed by atoms with Gasteiger partial charge in [0, 0.05) is 32.2 Å². The van der Waals surface area contributed by atoms with Crippen molar-refractivity contribution in [2.45, 2.75) is 33.2 Å². The van der Waals surface area contributed by atoms with Crippen molar-refractivity contribution < 1.29 is 0 Å². The summed E-state index contributed by atoms with van der Waals surface area (Å²) < 4.78 is 0. The fourth-order valence-corrected chi connectivity index (χ4v) is 2.80. The van der Waals surface area contributed by atoms with Gasteiger partial charge in [0.05, 0.1) is 0 Å². The van der Waals surface area contributed by atoms with Crippen molar-refractivity contribution in [1.82, 2.24) is 10.2 Å². The van der Waals surface area contributed by atoms with Crippen LogP contribution >= 0.6 is 0 Å². The first-order valence-corrected chi connectivity index (χ1v) is 6.75. The highest BCUT2D eigenvalue weighted by Crippen LogP contribution is 2.28. The van der Waals surface area contributed by atoms with Crippen LogP contribution in [0.2, 0.25) is 0 Å². The molecule has 2 heteroatoms. The Hall–Kier alpha value is -0.860. The van der Waals surface area contributed by atoms with Crippen LogP contribution in [0.1, 0.15) is 36.1 Å². The summed E-state index contributed by atoms with van der Waals surface area (Å²) in [6.45, 7) is 11.4. The minimum absolute atomic E-state index is 0.594. The lowest BCUT2D eigenvalue weighted by Gasteiger charge is -2.35. The van der Waals surface area contributed by atoms with Crippen molar-refractivity contribution in [3.05, 3.63) is 34.9 Å². The van der Waals surface area contributed by atoms with E-state index < -0.39 is 0 Å². The van der Waals surface area contributed by atoms with Gasteiger partial charge in [0.15, 0.2) is 0 Å². The van der Waals surface area contributed by atoms with Crippen molar-refractivity contribution >= 4 is 0 Å². The van der Waals surface area contributed by atoms with Gasteiger partial charge < -0.3 is 5.32 Å². The maximum absolute atomic E-state index is 3.43. The summed E-state index contributed by atoms with van der Waals surface area (Å²) in [5.41, 5.74) is 4.41. The molecule has 1 heterocycles. The van der Waals surface area contributed by atoms with Gasteiger partial charge in [-0.1, -0.05) is 25.1 Å². The second-order valence-electron chi connectivity index (χ2n) is 5.00. The third kappa shape index (κ3) is 2.70. The predicted octanol–water partition coefficient (Wildman–Crippen LogP) is 2.66. The average Bonchev–Trinajstić information content (AvgIpc) is 2.37. The second kappa shape index (κ2) is 5.65. The molecule has 1 atom stereocenters. The number of nitrogens with one attached hydrogen (secondary N) is 1. The van der Waals surface area contributed by atoms with Gasteiger partial charge in [-0.15, -0.1) is 0 Å². The van der Waals surface area contributed by atoms with E-state index in [0.717, 1.165) is 13.1 Å². The van der Waals surface area contributed by atoms with Gasteiger partial charge >= 0.3 is 0 Å². The Kier molecular flexibility index (Phi) is 4.19. The van der Waals surface area contributed by atoms with Gasteiger partial charge in [-0.3, -0.25) is 4.90 Å². The molecule has 0 unspecified atom stereocenters. The minimum Gasteiger partial charge on any atom is -0.314 e. The molecule has 2 rings (SSSR count). The Morgan fingerprint density at radius 1 is 1.24 bits per heavy atom. The van der Waals surface area contributed by atoms with Crippen molar-refractivity contribution in [3.63, 3.8) is 0 Å². The molecule has 1 N–H and O–H groups in total. The van der Waals surface area contributed by atoms with Crippen LogP contribution in [0.25, 0.3) is 0 Å². The molecule has 1 aliphatic rings. The Morgan fingerprint density at radius 2 is 1.94 bits per heavy atom. The molecule has 17 heavy (non-hydrogen) atoms. The molecule has 1 saturated heterocycles. The average molecular weight is 232 g/mol. The van der Waals surface area contributed by atoms with E-state index in [9.17, 15) is 0 Å². The number of aryl methyl sites for hydroxylation is 1. The predicted molar refractivity (Wildman–Crippen MR) is 73.4 cm³/mol. The monoisotopic (exact) mass is 232 g/mol. The van der Waals surface area contributed by atoms with Crippen molar-refractivity contribution in [2.24, 2.45) is 0 Å². The molecule has 0 radical (unpaired) electrons. The van der Waals surface area contributed by atoms with Gasteiger partial charge in [0.25, 0.3) is 0 Å². The normalized spacial score (nSPS) is 19.2. The Morgan fingerprint density at radius 3 is 2.59 bits per heavy atom. The Labute approximate surface area is 105 Å². The summed E-state index contributed by atoms with van der Waals surface area (Å²) >= 11 is 0. The lowest BCUT2D eigenvalue weighted by atomic mass is 9.94. The quantitative estimate of drug-likeness (QED) is 0.862. The molecule has 1 aromatic rings. The van der Waals surface area contributed by atoms with Gasteiger partial charge in [0.2, 0.25) is 0 Å². The fourth-order valence-electron chi connectivity index (χ4n) is 2.80. The zero-order valence-corrected chi connectivity index (χ0v) is 11.3. The van der Waals surface area contributed by atoms with Crippen LogP contribution in [0.4, 0.5) is 0 Å². The molecule has 0 aromatic heterocycles. The smallest absolute Gasteiger partial charge is 0.0349 e. The molecular formula is C15H24N2. The minimum atomic E-state index is 0.594. The number of rotatable bonds is 3. The number of nitrogens with zero attached hydrogens (tertiary/aromatic N) is 1. The van der Waals surface area contributed by atoms with E-state index in [2.05, 4.69) is 49.2 Å². The van der Waals surface area contributed by atoms with E-state index >= 15 is 0 Å². The largest absolute Gasteiger partial charge is 0.314 e. The SMILES string of the molecule is CC[C@H](c1cccc(C)c1C)N1CCNCC1. The summed E-state index contributed by atoms with van der Waals surface area (Å²) in [7, 11) is 0. The molecule has 0 aliphatic carbocycles. The fraction of sp³-hybridized carbons (Fsp3) is 0.600. The zero-order valence-electron chi connectivity index (χ0n) is 11.3. The molecule has 0 spiro atoms. The van der Waals surface area contributed by atoms with E-state index in [-0.39, 0.29) is 0 Å². The van der Waals surface area contributed by atoms with Crippen molar-refractivity contribution in [3.8, 4) is 0 Å². The lowest BCUT2D eigenvalue weighted by Crippen LogP contribution is -2.45. The van der Waals surface area contributed by atoms with Crippen LogP contribution in [0.15, 0.2) is 18.2 Å². The number of piperazine rings is 1. The molecule has 1 aliphatic heterocycles. The molecule has 94 valence electrons. The van der Waals surface area contributed by atoms with E-state index in [4.69, 9.17) is 0 Å². The van der Waals surface area contributed by atoms with Gasteiger partial charge in [-0.2, -0.15) is 0 Å². The van der Waals surface area contributed by atoms with E-state index in [1.54, 1.807) is 0 Å². The van der Waals surface area contributed by atoms with E-state index in [1.807, 2.05) is 0 Å². The van der Waals surface area contributed by atoms with Crippen LogP contribution in [-0.4, -0.2) is 31.1 Å². The number of hydrogen-bond donors (Lipinski definition) is 1. The summed E-state index contributed by atoms with van der Waals surface area (Å²) in [6, 6.07) is 7.31. The first-order chi connectivity index (χ1) is 8.24. The molecule has 1 aromatic carbocycles. The van der Waals surface area contributed by atoms with Crippen LogP contribution in [-0.2, 0) is 0 Å².